The van der Waals surface area contributed by atoms with Gasteiger partial charge in [0.25, 0.3) is 0 Å². The van der Waals surface area contributed by atoms with Gasteiger partial charge in [0.05, 0.1) is 37.4 Å². The fraction of sp³-hybridized carbons (Fsp3) is 0.409. The summed E-state index contributed by atoms with van der Waals surface area (Å²) in [5, 5.41) is 0.523. The number of likely N-dealkylation sites (tertiary alicyclic amines) is 1. The number of carbonyl (C=O) groups excluding carboxylic acids is 3. The predicted octanol–water partition coefficient (Wildman–Crippen LogP) is 3.92. The van der Waals surface area contributed by atoms with Crippen LogP contribution in [0.5, 0.6) is 0 Å². The first-order chi connectivity index (χ1) is 15.1. The van der Waals surface area contributed by atoms with E-state index in [9.17, 15) is 27.6 Å². The molecule has 1 aromatic heterocycles. The van der Waals surface area contributed by atoms with Gasteiger partial charge in [-0.1, -0.05) is 29.8 Å². The summed E-state index contributed by atoms with van der Waals surface area (Å²) in [6.07, 6.45) is -4.23. The molecule has 2 bridgehead atoms. The Labute approximate surface area is 181 Å². The van der Waals surface area contributed by atoms with Gasteiger partial charge in [-0.25, -0.2) is 9.36 Å². The first-order valence-electron chi connectivity index (χ1n) is 9.97. The molecule has 1 saturated heterocycles. The molecule has 2 aromatic rings. The summed E-state index contributed by atoms with van der Waals surface area (Å²) in [5.41, 5.74) is 1.46. The number of esters is 1. The van der Waals surface area contributed by atoms with E-state index in [-0.39, 0.29) is 18.7 Å². The van der Waals surface area contributed by atoms with E-state index < -0.39 is 42.0 Å². The predicted molar refractivity (Wildman–Crippen MR) is 107 cm³/mol. The van der Waals surface area contributed by atoms with Crippen LogP contribution in [0.4, 0.5) is 18.0 Å². The van der Waals surface area contributed by atoms with E-state index in [1.807, 2.05) is 0 Å². The van der Waals surface area contributed by atoms with Crippen LogP contribution >= 0.6 is 0 Å². The van der Waals surface area contributed by atoms with Crippen LogP contribution in [0.15, 0.2) is 35.9 Å². The molecule has 1 aliphatic heterocycles. The summed E-state index contributed by atoms with van der Waals surface area (Å²) >= 11 is 0. The van der Waals surface area contributed by atoms with Crippen molar-refractivity contribution in [3.63, 3.8) is 0 Å². The molecule has 0 N–H and O–H groups in total. The summed E-state index contributed by atoms with van der Waals surface area (Å²) in [5.74, 6) is -3.86. The third-order valence-electron chi connectivity index (χ3n) is 6.35. The van der Waals surface area contributed by atoms with Gasteiger partial charge < -0.3 is 14.4 Å². The van der Waals surface area contributed by atoms with Crippen molar-refractivity contribution in [2.24, 2.45) is 5.92 Å². The van der Waals surface area contributed by atoms with Gasteiger partial charge in [0, 0.05) is 17.8 Å². The molecule has 4 rings (SSSR count). The molecule has 2 aliphatic rings. The van der Waals surface area contributed by atoms with Crippen molar-refractivity contribution in [3.05, 3.63) is 47.2 Å². The van der Waals surface area contributed by atoms with E-state index in [4.69, 9.17) is 9.47 Å². The van der Waals surface area contributed by atoms with Crippen LogP contribution < -0.4 is 0 Å². The standard InChI is InChI=1S/C22H21F3N2O5/c1-4-11-10-26(20(29)22(23,24)25)15-9-13(11)17(19(28)31-2)16-12-7-5-6-8-14(12)27(18(15)16)21(30)32-3/h4-8,13,15,17H,9-10H2,1-3H3/b11-4-/t13-,15-,17-/m1/s1. The van der Waals surface area contributed by atoms with E-state index in [2.05, 4.69) is 0 Å². The SMILES string of the molecule is C/C=C1/CN(C(=O)C(F)(F)F)[C@@H]2C[C@H]1[C@@H](C(=O)OC)c1c2n(C(=O)OC)c2ccccc12. The maximum absolute atomic E-state index is 13.5. The number of aromatic nitrogens is 1. The Morgan fingerprint density at radius 3 is 2.41 bits per heavy atom. The van der Waals surface area contributed by atoms with Crippen molar-refractivity contribution >= 4 is 28.9 Å². The van der Waals surface area contributed by atoms with E-state index >= 15 is 0 Å². The maximum Gasteiger partial charge on any atom is 0.471 e. The van der Waals surface area contributed by atoms with Gasteiger partial charge in [0.1, 0.15) is 0 Å². The number of alkyl halides is 3. The summed E-state index contributed by atoms with van der Waals surface area (Å²) in [4.78, 5) is 38.8. The Morgan fingerprint density at radius 2 is 1.81 bits per heavy atom. The third kappa shape index (κ3) is 3.08. The molecule has 0 spiro atoms. The Hall–Kier alpha value is -3.30. The quantitative estimate of drug-likeness (QED) is 0.486. The fourth-order valence-corrected chi connectivity index (χ4v) is 5.07. The summed E-state index contributed by atoms with van der Waals surface area (Å²) in [6.45, 7) is 1.35. The Balaban J connectivity index is 2.08. The lowest BCUT2D eigenvalue weighted by atomic mass is 9.68. The molecular formula is C22H21F3N2O5. The highest BCUT2D eigenvalue weighted by molar-refractivity contribution is 5.98. The Morgan fingerprint density at radius 1 is 1.12 bits per heavy atom. The summed E-state index contributed by atoms with van der Waals surface area (Å²) < 4.78 is 51.5. The second kappa shape index (κ2) is 7.68. The van der Waals surface area contributed by atoms with E-state index in [1.165, 1.54) is 11.7 Å². The van der Waals surface area contributed by atoms with Gasteiger partial charge in [0.2, 0.25) is 0 Å². The number of rotatable bonds is 1. The zero-order valence-corrected chi connectivity index (χ0v) is 17.6. The van der Waals surface area contributed by atoms with Crippen molar-refractivity contribution in [2.75, 3.05) is 20.8 Å². The normalized spacial score (nSPS) is 23.8. The van der Waals surface area contributed by atoms with Crippen LogP contribution in [-0.4, -0.2) is 54.4 Å². The largest absolute Gasteiger partial charge is 0.471 e. The summed E-state index contributed by atoms with van der Waals surface area (Å²) in [6, 6.07) is 5.62. The van der Waals surface area contributed by atoms with E-state index in [1.54, 1.807) is 37.3 Å². The van der Waals surface area contributed by atoms with E-state index in [0.29, 0.717) is 22.0 Å². The van der Waals surface area contributed by atoms with Crippen LogP contribution in [0.1, 0.15) is 36.6 Å². The minimum absolute atomic E-state index is 0.0432. The van der Waals surface area contributed by atoms with Gasteiger partial charge in [-0.3, -0.25) is 9.59 Å². The van der Waals surface area contributed by atoms with Gasteiger partial charge >= 0.3 is 24.1 Å². The molecule has 2 heterocycles. The van der Waals surface area contributed by atoms with Crippen molar-refractivity contribution in [3.8, 4) is 0 Å². The number of nitrogens with zero attached hydrogens (tertiary/aromatic N) is 2. The van der Waals surface area contributed by atoms with Crippen LogP contribution in [-0.2, 0) is 19.1 Å². The second-order valence-corrected chi connectivity index (χ2v) is 7.77. The topological polar surface area (TPSA) is 77.8 Å². The molecule has 1 fully saturated rings. The second-order valence-electron chi connectivity index (χ2n) is 7.77. The van der Waals surface area contributed by atoms with Crippen LogP contribution in [0.3, 0.4) is 0 Å². The molecule has 32 heavy (non-hydrogen) atoms. The highest BCUT2D eigenvalue weighted by atomic mass is 19.4. The third-order valence-corrected chi connectivity index (χ3v) is 6.35. The first-order valence-corrected chi connectivity index (χ1v) is 9.97. The maximum atomic E-state index is 13.5. The minimum Gasteiger partial charge on any atom is -0.469 e. The van der Waals surface area contributed by atoms with Crippen LogP contribution in [0.2, 0.25) is 0 Å². The molecule has 10 heteroatoms. The molecule has 1 aromatic carbocycles. The lowest BCUT2D eigenvalue weighted by Crippen LogP contribution is -2.52. The number of methoxy groups -OCH3 is 2. The van der Waals surface area contributed by atoms with Crippen LogP contribution in [0, 0.1) is 5.92 Å². The number of amides is 1. The average molecular weight is 450 g/mol. The molecule has 3 atom stereocenters. The number of benzene rings is 1. The van der Waals surface area contributed by atoms with Crippen molar-refractivity contribution in [1.82, 2.24) is 9.47 Å². The number of para-hydroxylation sites is 1. The number of hydrogen-bond acceptors (Lipinski definition) is 5. The number of piperidine rings is 1. The number of hydrogen-bond donors (Lipinski definition) is 0. The number of ether oxygens (including phenoxy) is 2. The van der Waals surface area contributed by atoms with E-state index in [0.717, 1.165) is 12.0 Å². The average Bonchev–Trinajstić information content (AvgIpc) is 3.12. The fourth-order valence-electron chi connectivity index (χ4n) is 5.07. The zero-order chi connectivity index (χ0) is 23.4. The molecule has 1 aliphatic carbocycles. The van der Waals surface area contributed by atoms with Gasteiger partial charge in [-0.05, 0) is 25.0 Å². The molecule has 0 radical (unpaired) electrons. The molecule has 0 saturated carbocycles. The van der Waals surface area contributed by atoms with Gasteiger partial charge in [-0.2, -0.15) is 13.2 Å². The van der Waals surface area contributed by atoms with Crippen molar-refractivity contribution in [2.45, 2.75) is 31.5 Å². The first kappa shape index (κ1) is 21.9. The van der Waals surface area contributed by atoms with Crippen molar-refractivity contribution in [1.29, 1.82) is 0 Å². The number of fused-ring (bicyclic) bond motifs is 6. The number of allylic oxidation sites excluding steroid dienone is 1. The highest BCUT2D eigenvalue weighted by Crippen LogP contribution is 2.54. The summed E-state index contributed by atoms with van der Waals surface area (Å²) in [7, 11) is 2.40. The molecule has 1 amide bonds. The van der Waals surface area contributed by atoms with Gasteiger partial charge in [-0.15, -0.1) is 0 Å². The molecule has 7 nitrogen and oxygen atoms in total. The zero-order valence-electron chi connectivity index (χ0n) is 17.6. The molecular weight excluding hydrogens is 429 g/mol. The highest BCUT2D eigenvalue weighted by Gasteiger charge is 2.54. The molecule has 170 valence electrons. The lowest BCUT2D eigenvalue weighted by Gasteiger charge is -2.47. The van der Waals surface area contributed by atoms with Crippen LogP contribution in [0.25, 0.3) is 10.9 Å². The molecule has 0 unspecified atom stereocenters. The lowest BCUT2D eigenvalue weighted by molar-refractivity contribution is -0.189. The number of halogens is 3. The van der Waals surface area contributed by atoms with Gasteiger partial charge in [0.15, 0.2) is 0 Å². The monoisotopic (exact) mass is 450 g/mol. The van der Waals surface area contributed by atoms with Crippen molar-refractivity contribution < 1.29 is 37.0 Å². The Bertz CT molecular complexity index is 1150. The minimum atomic E-state index is -5.09. The Kier molecular flexibility index (Phi) is 5.26. The smallest absolute Gasteiger partial charge is 0.469 e. The number of carbonyl (C=O) groups is 3.